The minimum atomic E-state index is -3.56. The van der Waals surface area contributed by atoms with Crippen molar-refractivity contribution in [2.45, 2.75) is 46.4 Å². The molecule has 0 spiro atoms. The topological polar surface area (TPSA) is 34.1 Å². The van der Waals surface area contributed by atoms with Crippen LogP contribution in [0.3, 0.4) is 0 Å². The molecule has 2 aromatic rings. The Kier molecular flexibility index (Phi) is 11.8. The van der Waals surface area contributed by atoms with Crippen LogP contribution in [0.4, 0.5) is 0 Å². The molecule has 0 aromatic heterocycles. The first-order valence-corrected chi connectivity index (χ1v) is 8.85. The van der Waals surface area contributed by atoms with Crippen LogP contribution in [0.2, 0.25) is 0 Å². The Bertz CT molecular complexity index is 605. The van der Waals surface area contributed by atoms with Crippen LogP contribution in [0.1, 0.15) is 39.8 Å². The number of hydrogen-bond acceptors (Lipinski definition) is 2. The number of rotatable bonds is 3. The molecule has 124 valence electrons. The molecule has 4 heteroatoms. The predicted molar refractivity (Wildman–Crippen MR) is 98.1 cm³/mol. The first-order chi connectivity index (χ1) is 9.47. The SMILES string of the molecule is C.C.CCc1ccc(S(=O)(=O)Cl)cc1.CCc1ccccc1. The number of hydrogen-bond donors (Lipinski definition) is 0. The molecule has 0 radical (unpaired) electrons. The summed E-state index contributed by atoms with van der Waals surface area (Å²) in [5.74, 6) is 0. The lowest BCUT2D eigenvalue weighted by atomic mass is 10.2. The fourth-order valence-electron chi connectivity index (χ4n) is 1.60. The molecule has 0 aliphatic heterocycles. The van der Waals surface area contributed by atoms with Gasteiger partial charge in [-0.2, -0.15) is 0 Å². The average Bonchev–Trinajstić information content (AvgIpc) is 2.48. The quantitative estimate of drug-likeness (QED) is 0.670. The van der Waals surface area contributed by atoms with E-state index in [9.17, 15) is 8.42 Å². The standard InChI is InChI=1S/C8H9ClO2S.C8H10.2CH4/c1-2-7-3-5-8(6-4-7)12(9,10)11;1-2-8-6-4-3-5-7-8;;/h3-6H,2H2,1H3;3-7H,2H2,1H3;2*1H4. The summed E-state index contributed by atoms with van der Waals surface area (Å²) in [7, 11) is 1.57. The summed E-state index contributed by atoms with van der Waals surface area (Å²) in [5, 5.41) is 0. The molecule has 0 fully saturated rings. The molecule has 0 unspecified atom stereocenters. The van der Waals surface area contributed by atoms with Gasteiger partial charge in [0.25, 0.3) is 9.05 Å². The molecule has 0 heterocycles. The van der Waals surface area contributed by atoms with Crippen molar-refractivity contribution >= 4 is 19.7 Å². The Morgan fingerprint density at radius 2 is 1.18 bits per heavy atom. The highest BCUT2D eigenvalue weighted by molar-refractivity contribution is 8.13. The normalized spacial score (nSPS) is 9.59. The zero-order chi connectivity index (χ0) is 15.0. The Balaban J connectivity index is 0. The van der Waals surface area contributed by atoms with E-state index >= 15 is 0 Å². The molecule has 0 aliphatic carbocycles. The Morgan fingerprint density at radius 1 is 0.773 bits per heavy atom. The van der Waals surface area contributed by atoms with Gasteiger partial charge in [0.2, 0.25) is 0 Å². The van der Waals surface area contributed by atoms with Gasteiger partial charge < -0.3 is 0 Å². The summed E-state index contributed by atoms with van der Waals surface area (Å²) in [4.78, 5) is 0.154. The van der Waals surface area contributed by atoms with Gasteiger partial charge in [0.1, 0.15) is 0 Å². The molecule has 0 saturated carbocycles. The zero-order valence-corrected chi connectivity index (χ0v) is 13.3. The van der Waals surface area contributed by atoms with Crippen molar-refractivity contribution in [1.29, 1.82) is 0 Å². The highest BCUT2D eigenvalue weighted by Crippen LogP contribution is 2.15. The van der Waals surface area contributed by atoms with Gasteiger partial charge in [-0.1, -0.05) is 71.2 Å². The van der Waals surface area contributed by atoms with Crippen molar-refractivity contribution in [3.05, 3.63) is 65.7 Å². The summed E-state index contributed by atoms with van der Waals surface area (Å²) in [5.41, 5.74) is 2.51. The summed E-state index contributed by atoms with van der Waals surface area (Å²) in [6.07, 6.45) is 2.03. The zero-order valence-electron chi connectivity index (χ0n) is 11.7. The average molecular weight is 343 g/mol. The minimum absolute atomic E-state index is 0. The molecule has 0 bridgehead atoms. The molecule has 0 atom stereocenters. The van der Waals surface area contributed by atoms with Crippen molar-refractivity contribution in [3.63, 3.8) is 0 Å². The van der Waals surface area contributed by atoms with Gasteiger partial charge in [-0.3, -0.25) is 0 Å². The van der Waals surface area contributed by atoms with Crippen molar-refractivity contribution in [1.82, 2.24) is 0 Å². The Hall–Kier alpha value is -1.32. The molecular formula is C18H27ClO2S. The smallest absolute Gasteiger partial charge is 0.207 e. The molecule has 2 rings (SSSR count). The lowest BCUT2D eigenvalue weighted by Gasteiger charge is -1.97. The van der Waals surface area contributed by atoms with Crippen LogP contribution in [0, 0.1) is 0 Å². The van der Waals surface area contributed by atoms with Crippen molar-refractivity contribution in [3.8, 4) is 0 Å². The van der Waals surface area contributed by atoms with E-state index < -0.39 is 9.05 Å². The van der Waals surface area contributed by atoms with Gasteiger partial charge in [0.05, 0.1) is 4.90 Å². The molecule has 0 N–H and O–H groups in total. The van der Waals surface area contributed by atoms with Crippen LogP contribution in [-0.4, -0.2) is 8.42 Å². The van der Waals surface area contributed by atoms with Gasteiger partial charge in [-0.15, -0.1) is 0 Å². The maximum atomic E-state index is 10.8. The molecular weight excluding hydrogens is 316 g/mol. The first kappa shape index (κ1) is 23.0. The van der Waals surface area contributed by atoms with E-state index in [0.717, 1.165) is 18.4 Å². The minimum Gasteiger partial charge on any atom is -0.207 e. The van der Waals surface area contributed by atoms with Crippen LogP contribution in [0.25, 0.3) is 0 Å². The fourth-order valence-corrected chi connectivity index (χ4v) is 2.37. The van der Waals surface area contributed by atoms with Crippen LogP contribution >= 0.6 is 10.7 Å². The fraction of sp³-hybridized carbons (Fsp3) is 0.333. The second kappa shape index (κ2) is 11.3. The van der Waals surface area contributed by atoms with Crippen molar-refractivity contribution in [2.24, 2.45) is 0 Å². The molecule has 0 amide bonds. The molecule has 0 saturated heterocycles. The van der Waals surface area contributed by atoms with Crippen molar-refractivity contribution in [2.75, 3.05) is 0 Å². The lowest BCUT2D eigenvalue weighted by molar-refractivity contribution is 0.609. The summed E-state index contributed by atoms with van der Waals surface area (Å²) >= 11 is 0. The highest BCUT2D eigenvalue weighted by Gasteiger charge is 2.07. The van der Waals surface area contributed by atoms with E-state index in [4.69, 9.17) is 10.7 Å². The third-order valence-electron chi connectivity index (χ3n) is 2.86. The first-order valence-electron chi connectivity index (χ1n) is 6.55. The van der Waals surface area contributed by atoms with Gasteiger partial charge >= 0.3 is 0 Å². The van der Waals surface area contributed by atoms with E-state index in [1.54, 1.807) is 12.1 Å². The highest BCUT2D eigenvalue weighted by atomic mass is 35.7. The van der Waals surface area contributed by atoms with Gasteiger partial charge in [0, 0.05) is 10.7 Å². The van der Waals surface area contributed by atoms with Crippen LogP contribution in [-0.2, 0) is 21.9 Å². The van der Waals surface area contributed by atoms with Gasteiger partial charge in [-0.05, 0) is 36.1 Å². The summed E-state index contributed by atoms with van der Waals surface area (Å²) < 4.78 is 21.6. The number of benzene rings is 2. The molecule has 22 heavy (non-hydrogen) atoms. The second-order valence-electron chi connectivity index (χ2n) is 4.27. The van der Waals surface area contributed by atoms with Crippen molar-refractivity contribution < 1.29 is 8.42 Å². The molecule has 2 nitrogen and oxygen atoms in total. The maximum Gasteiger partial charge on any atom is 0.261 e. The summed E-state index contributed by atoms with van der Waals surface area (Å²) in [6.45, 7) is 4.17. The van der Waals surface area contributed by atoms with Gasteiger partial charge in [0.15, 0.2) is 0 Å². The lowest BCUT2D eigenvalue weighted by Crippen LogP contribution is -1.90. The number of halogens is 1. The van der Waals surface area contributed by atoms with Crippen LogP contribution < -0.4 is 0 Å². The Labute approximate surface area is 140 Å². The molecule has 0 aliphatic rings. The summed E-state index contributed by atoms with van der Waals surface area (Å²) in [6, 6.07) is 17.0. The largest absolute Gasteiger partial charge is 0.261 e. The van der Waals surface area contributed by atoms with E-state index in [-0.39, 0.29) is 19.7 Å². The third kappa shape index (κ3) is 8.20. The van der Waals surface area contributed by atoms with E-state index in [0.29, 0.717) is 0 Å². The third-order valence-corrected chi connectivity index (χ3v) is 4.23. The van der Waals surface area contributed by atoms with Gasteiger partial charge in [-0.25, -0.2) is 8.42 Å². The van der Waals surface area contributed by atoms with Crippen LogP contribution in [0.15, 0.2) is 59.5 Å². The van der Waals surface area contributed by atoms with Crippen LogP contribution in [0.5, 0.6) is 0 Å². The molecule has 2 aromatic carbocycles. The predicted octanol–water partition coefficient (Wildman–Crippen LogP) is 5.70. The maximum absolute atomic E-state index is 10.8. The number of aryl methyl sites for hydroxylation is 2. The monoisotopic (exact) mass is 342 g/mol. The second-order valence-corrected chi connectivity index (χ2v) is 6.84. The van der Waals surface area contributed by atoms with E-state index in [1.165, 1.54) is 17.7 Å². The Morgan fingerprint density at radius 3 is 1.50 bits per heavy atom. The van der Waals surface area contributed by atoms with E-state index in [1.807, 2.05) is 13.0 Å². The van der Waals surface area contributed by atoms with E-state index in [2.05, 4.69) is 31.2 Å².